The Bertz CT molecular complexity index is 1270. The van der Waals surface area contributed by atoms with Crippen molar-refractivity contribution >= 4 is 51.0 Å². The standard InChI is InChI=1S/C23H20Cl2N2O4/c1-13-6-7-15-16(24)11-17(25)23(22(15)27-13)31-9-3-8-30-19-5-2-4-18-21(19)14(12-26-18)10-20(28)29/h2,4-7,11-12,26H,3,8-10H2,1H3,(H,28,29). The number of ether oxygens (including phenoxy) is 2. The summed E-state index contributed by atoms with van der Waals surface area (Å²) in [6.07, 6.45) is 2.23. The molecular weight excluding hydrogens is 439 g/mol. The average molecular weight is 459 g/mol. The van der Waals surface area contributed by atoms with Crippen molar-refractivity contribution in [1.82, 2.24) is 9.97 Å². The molecule has 31 heavy (non-hydrogen) atoms. The summed E-state index contributed by atoms with van der Waals surface area (Å²) >= 11 is 12.6. The SMILES string of the molecule is Cc1ccc2c(Cl)cc(Cl)c(OCCCOc3cccc4[nH]cc(CC(=O)O)c34)c2n1. The van der Waals surface area contributed by atoms with Crippen LogP contribution in [0.15, 0.2) is 42.6 Å². The zero-order valence-electron chi connectivity index (χ0n) is 16.7. The lowest BCUT2D eigenvalue weighted by Crippen LogP contribution is -2.06. The summed E-state index contributed by atoms with van der Waals surface area (Å²) in [6.45, 7) is 2.66. The van der Waals surface area contributed by atoms with Crippen LogP contribution in [0.25, 0.3) is 21.8 Å². The Morgan fingerprint density at radius 3 is 2.74 bits per heavy atom. The van der Waals surface area contributed by atoms with E-state index >= 15 is 0 Å². The predicted octanol–water partition coefficient (Wildman–Crippen LogP) is 5.81. The second-order valence-corrected chi connectivity index (χ2v) is 7.95. The first-order valence-electron chi connectivity index (χ1n) is 9.76. The van der Waals surface area contributed by atoms with E-state index in [1.807, 2.05) is 37.3 Å². The molecule has 0 fully saturated rings. The van der Waals surface area contributed by atoms with Gasteiger partial charge in [0.1, 0.15) is 11.3 Å². The van der Waals surface area contributed by atoms with Gasteiger partial charge in [0.15, 0.2) is 5.75 Å². The van der Waals surface area contributed by atoms with Crippen LogP contribution in [-0.4, -0.2) is 34.3 Å². The topological polar surface area (TPSA) is 84.4 Å². The minimum atomic E-state index is -0.889. The molecule has 0 saturated heterocycles. The van der Waals surface area contributed by atoms with E-state index in [0.717, 1.165) is 22.0 Å². The summed E-state index contributed by atoms with van der Waals surface area (Å²) in [6, 6.07) is 11.0. The first-order valence-corrected chi connectivity index (χ1v) is 10.5. The minimum absolute atomic E-state index is 0.0714. The predicted molar refractivity (Wildman–Crippen MR) is 122 cm³/mol. The van der Waals surface area contributed by atoms with Crippen molar-refractivity contribution in [1.29, 1.82) is 0 Å². The molecule has 0 atom stereocenters. The Labute approximate surface area is 188 Å². The van der Waals surface area contributed by atoms with Gasteiger partial charge in [-0.25, -0.2) is 4.98 Å². The second-order valence-electron chi connectivity index (χ2n) is 7.13. The van der Waals surface area contributed by atoms with Gasteiger partial charge in [-0.05, 0) is 42.8 Å². The third kappa shape index (κ3) is 4.55. The maximum atomic E-state index is 11.1. The van der Waals surface area contributed by atoms with Gasteiger partial charge in [-0.3, -0.25) is 4.79 Å². The molecular formula is C23H20Cl2N2O4. The molecule has 160 valence electrons. The number of nitrogens with zero attached hydrogens (tertiary/aromatic N) is 1. The summed E-state index contributed by atoms with van der Waals surface area (Å²) in [4.78, 5) is 18.7. The molecule has 0 bridgehead atoms. The summed E-state index contributed by atoms with van der Waals surface area (Å²) in [5.41, 5.74) is 3.01. The van der Waals surface area contributed by atoms with Gasteiger partial charge in [-0.1, -0.05) is 29.3 Å². The van der Waals surface area contributed by atoms with Gasteiger partial charge in [0.25, 0.3) is 0 Å². The molecule has 0 amide bonds. The number of benzene rings is 2. The number of nitrogens with one attached hydrogen (secondary N) is 1. The van der Waals surface area contributed by atoms with Gasteiger partial charge < -0.3 is 19.6 Å². The van der Waals surface area contributed by atoms with E-state index in [0.29, 0.717) is 52.3 Å². The number of H-pyrrole nitrogens is 1. The molecule has 2 heterocycles. The van der Waals surface area contributed by atoms with E-state index in [4.69, 9.17) is 37.8 Å². The highest BCUT2D eigenvalue weighted by Crippen LogP contribution is 2.37. The third-order valence-corrected chi connectivity index (χ3v) is 5.45. The lowest BCUT2D eigenvalue weighted by Gasteiger charge is -2.13. The van der Waals surface area contributed by atoms with Gasteiger partial charge in [-0.2, -0.15) is 0 Å². The maximum Gasteiger partial charge on any atom is 0.307 e. The number of fused-ring (bicyclic) bond motifs is 2. The normalized spacial score (nSPS) is 11.2. The number of aliphatic carboxylic acids is 1. The molecule has 0 radical (unpaired) electrons. The van der Waals surface area contributed by atoms with Crippen LogP contribution in [0.1, 0.15) is 17.7 Å². The van der Waals surface area contributed by atoms with E-state index in [1.54, 1.807) is 12.3 Å². The number of hydrogen-bond donors (Lipinski definition) is 2. The van der Waals surface area contributed by atoms with Crippen molar-refractivity contribution in [3.63, 3.8) is 0 Å². The number of halogens is 2. The van der Waals surface area contributed by atoms with Crippen LogP contribution in [0.2, 0.25) is 10.0 Å². The van der Waals surface area contributed by atoms with Crippen LogP contribution in [0.5, 0.6) is 11.5 Å². The molecule has 0 aliphatic carbocycles. The van der Waals surface area contributed by atoms with E-state index in [-0.39, 0.29) is 6.42 Å². The Balaban J connectivity index is 1.43. The maximum absolute atomic E-state index is 11.1. The Morgan fingerprint density at radius 1 is 1.13 bits per heavy atom. The van der Waals surface area contributed by atoms with Crippen molar-refractivity contribution in [3.05, 3.63) is 63.9 Å². The highest BCUT2D eigenvalue weighted by atomic mass is 35.5. The van der Waals surface area contributed by atoms with Gasteiger partial charge in [0, 0.05) is 34.6 Å². The largest absolute Gasteiger partial charge is 0.493 e. The number of carboxylic acid groups (broad SMARTS) is 1. The average Bonchev–Trinajstić information content (AvgIpc) is 3.12. The van der Waals surface area contributed by atoms with Crippen LogP contribution in [0.4, 0.5) is 0 Å². The molecule has 2 aromatic carbocycles. The number of rotatable bonds is 8. The minimum Gasteiger partial charge on any atom is -0.493 e. The second kappa shape index (κ2) is 9.04. The van der Waals surface area contributed by atoms with Crippen molar-refractivity contribution in [3.8, 4) is 11.5 Å². The smallest absolute Gasteiger partial charge is 0.307 e. The molecule has 6 nitrogen and oxygen atoms in total. The number of pyridine rings is 1. The molecule has 2 aromatic heterocycles. The fourth-order valence-corrected chi connectivity index (χ4v) is 4.06. The quantitative estimate of drug-likeness (QED) is 0.325. The van der Waals surface area contributed by atoms with Crippen LogP contribution in [0, 0.1) is 6.92 Å². The summed E-state index contributed by atoms with van der Waals surface area (Å²) in [5, 5.41) is 11.6. The van der Waals surface area contributed by atoms with Crippen LogP contribution >= 0.6 is 23.2 Å². The van der Waals surface area contributed by atoms with Crippen molar-refractivity contribution in [2.24, 2.45) is 0 Å². The number of carboxylic acids is 1. The number of aryl methyl sites for hydroxylation is 1. The van der Waals surface area contributed by atoms with Gasteiger partial charge >= 0.3 is 5.97 Å². The molecule has 4 rings (SSSR count). The molecule has 0 unspecified atom stereocenters. The van der Waals surface area contributed by atoms with E-state index in [9.17, 15) is 4.79 Å². The van der Waals surface area contributed by atoms with E-state index in [1.165, 1.54) is 0 Å². The zero-order valence-corrected chi connectivity index (χ0v) is 18.3. The molecule has 0 spiro atoms. The molecule has 0 saturated carbocycles. The Kier molecular flexibility index (Phi) is 6.20. The fraction of sp³-hybridized carbons (Fsp3) is 0.217. The summed E-state index contributed by atoms with van der Waals surface area (Å²) in [5.74, 6) is 0.253. The number of hydrogen-bond acceptors (Lipinski definition) is 4. The summed E-state index contributed by atoms with van der Waals surface area (Å²) in [7, 11) is 0. The van der Waals surface area contributed by atoms with Gasteiger partial charge in [-0.15, -0.1) is 0 Å². The third-order valence-electron chi connectivity index (χ3n) is 4.86. The fourth-order valence-electron chi connectivity index (χ4n) is 3.49. The van der Waals surface area contributed by atoms with Crippen molar-refractivity contribution < 1.29 is 19.4 Å². The van der Waals surface area contributed by atoms with Crippen LogP contribution in [-0.2, 0) is 11.2 Å². The molecule has 0 aliphatic heterocycles. The molecule has 8 heteroatoms. The highest BCUT2D eigenvalue weighted by Gasteiger charge is 2.14. The highest BCUT2D eigenvalue weighted by molar-refractivity contribution is 6.39. The lowest BCUT2D eigenvalue weighted by atomic mass is 10.1. The number of aromatic amines is 1. The van der Waals surface area contributed by atoms with Crippen LogP contribution < -0.4 is 9.47 Å². The molecule has 0 aliphatic rings. The number of carbonyl (C=O) groups is 1. The Hall–Kier alpha value is -2.96. The van der Waals surface area contributed by atoms with E-state index in [2.05, 4.69) is 9.97 Å². The first kappa shape index (κ1) is 21.3. The van der Waals surface area contributed by atoms with E-state index < -0.39 is 5.97 Å². The lowest BCUT2D eigenvalue weighted by molar-refractivity contribution is -0.136. The van der Waals surface area contributed by atoms with Crippen LogP contribution in [0.3, 0.4) is 0 Å². The van der Waals surface area contributed by atoms with Crippen molar-refractivity contribution in [2.75, 3.05) is 13.2 Å². The van der Waals surface area contributed by atoms with Gasteiger partial charge in [0.05, 0.1) is 29.7 Å². The van der Waals surface area contributed by atoms with Gasteiger partial charge in [0.2, 0.25) is 0 Å². The summed E-state index contributed by atoms with van der Waals surface area (Å²) < 4.78 is 11.9. The molecule has 2 N–H and O–H groups in total. The molecule has 4 aromatic rings. The number of aromatic nitrogens is 2. The Morgan fingerprint density at radius 2 is 1.94 bits per heavy atom. The van der Waals surface area contributed by atoms with Crippen molar-refractivity contribution in [2.45, 2.75) is 19.8 Å². The monoisotopic (exact) mass is 458 g/mol. The zero-order chi connectivity index (χ0) is 22.0. The first-order chi connectivity index (χ1) is 14.9.